The van der Waals surface area contributed by atoms with Crippen molar-refractivity contribution in [2.24, 2.45) is 0 Å². The molecule has 1 atom stereocenters. The molecule has 0 aromatic rings. The number of rotatable bonds is 1. The molecule has 0 N–H and O–H groups in total. The fourth-order valence-electron chi connectivity index (χ4n) is 0. The van der Waals surface area contributed by atoms with Gasteiger partial charge in [-0.3, -0.25) is 0 Å². The molecule has 1 nitrogen and oxygen atoms in total. The second kappa shape index (κ2) is 5.84. The van der Waals surface area contributed by atoms with Crippen molar-refractivity contribution in [2.45, 2.75) is 26.4 Å². The SMILES string of the molecule is CCC(C)[O-].[Zr]. The Morgan fingerprint density at radius 3 is 1.83 bits per heavy atom. The van der Waals surface area contributed by atoms with Gasteiger partial charge in [0.15, 0.2) is 0 Å². The summed E-state index contributed by atoms with van der Waals surface area (Å²) in [6, 6.07) is 0. The second-order valence-corrected chi connectivity index (χ2v) is 1.22. The Kier molecular flexibility index (Phi) is 9.70. The van der Waals surface area contributed by atoms with Gasteiger partial charge >= 0.3 is 0 Å². The van der Waals surface area contributed by atoms with Crippen LogP contribution in [0.2, 0.25) is 0 Å². The molecular formula is C4H9OZr-. The van der Waals surface area contributed by atoms with E-state index < -0.39 is 0 Å². The molecular weight excluding hydrogens is 155 g/mol. The number of hydrogen-bond donors (Lipinski definition) is 0. The van der Waals surface area contributed by atoms with Crippen LogP contribution in [0, 0.1) is 0 Å². The summed E-state index contributed by atoms with van der Waals surface area (Å²) in [5, 5.41) is 9.90. The zero-order valence-corrected chi connectivity index (χ0v) is 6.65. The summed E-state index contributed by atoms with van der Waals surface area (Å²) in [7, 11) is 0. The van der Waals surface area contributed by atoms with Gasteiger partial charge in [0.1, 0.15) is 0 Å². The van der Waals surface area contributed by atoms with E-state index in [1.807, 2.05) is 6.92 Å². The molecule has 1 unspecified atom stereocenters. The molecule has 0 spiro atoms. The summed E-state index contributed by atoms with van der Waals surface area (Å²) in [5.74, 6) is 0. The van der Waals surface area contributed by atoms with Gasteiger partial charge in [-0.2, -0.15) is 0 Å². The molecule has 2 heteroatoms. The zero-order chi connectivity index (χ0) is 4.28. The molecule has 0 saturated heterocycles. The van der Waals surface area contributed by atoms with Gasteiger partial charge in [-0.15, -0.1) is 6.10 Å². The van der Waals surface area contributed by atoms with Crippen LogP contribution >= 0.6 is 0 Å². The van der Waals surface area contributed by atoms with Gasteiger partial charge < -0.3 is 5.11 Å². The fourth-order valence-corrected chi connectivity index (χ4v) is 0. The van der Waals surface area contributed by atoms with Gasteiger partial charge in [-0.05, 0) is 0 Å². The molecule has 0 aromatic heterocycles. The third-order valence-electron chi connectivity index (χ3n) is 0.575. The van der Waals surface area contributed by atoms with Crippen molar-refractivity contribution >= 4 is 0 Å². The zero-order valence-electron chi connectivity index (χ0n) is 4.19. The van der Waals surface area contributed by atoms with Crippen LogP contribution in [0.5, 0.6) is 0 Å². The minimum Gasteiger partial charge on any atom is -0.852 e. The first-order valence-corrected chi connectivity index (χ1v) is 1.93. The van der Waals surface area contributed by atoms with Crippen LogP contribution in [0.15, 0.2) is 0 Å². The minimum absolute atomic E-state index is 0. The Bertz CT molecular complexity index is 21.5. The van der Waals surface area contributed by atoms with Gasteiger partial charge in [-0.1, -0.05) is 20.3 Å². The van der Waals surface area contributed by atoms with Crippen LogP contribution in [0.25, 0.3) is 0 Å². The molecule has 0 aliphatic rings. The van der Waals surface area contributed by atoms with E-state index in [1.54, 1.807) is 6.92 Å². The maximum atomic E-state index is 9.90. The van der Waals surface area contributed by atoms with Gasteiger partial charge in [0.25, 0.3) is 0 Å². The topological polar surface area (TPSA) is 23.1 Å². The van der Waals surface area contributed by atoms with Crippen molar-refractivity contribution in [3.8, 4) is 0 Å². The average molecular weight is 164 g/mol. The first kappa shape index (κ1) is 9.96. The average Bonchev–Trinajstić information content (AvgIpc) is 1.38. The van der Waals surface area contributed by atoms with Crippen LogP contribution in [-0.2, 0) is 26.2 Å². The Morgan fingerprint density at radius 2 is 1.83 bits per heavy atom. The molecule has 0 bridgehead atoms. The van der Waals surface area contributed by atoms with Crippen LogP contribution in [0.4, 0.5) is 0 Å². The van der Waals surface area contributed by atoms with Crippen molar-refractivity contribution in [1.82, 2.24) is 0 Å². The largest absolute Gasteiger partial charge is 0.852 e. The monoisotopic (exact) mass is 163 g/mol. The normalized spacial score (nSPS) is 12.5. The summed E-state index contributed by atoms with van der Waals surface area (Å²) in [6.45, 7) is 3.55. The standard InChI is InChI=1S/C4H9O.Zr/c1-3-4(2)5;/h4H,3H2,1-2H3;/q-1;. The van der Waals surface area contributed by atoms with E-state index in [0.29, 0.717) is 0 Å². The first-order valence-electron chi connectivity index (χ1n) is 1.93. The molecule has 0 radical (unpaired) electrons. The third-order valence-corrected chi connectivity index (χ3v) is 0.575. The summed E-state index contributed by atoms with van der Waals surface area (Å²) in [5.41, 5.74) is 0. The second-order valence-electron chi connectivity index (χ2n) is 1.22. The molecule has 0 rings (SSSR count). The van der Waals surface area contributed by atoms with Gasteiger partial charge in [-0.25, -0.2) is 0 Å². The van der Waals surface area contributed by atoms with E-state index in [9.17, 15) is 5.11 Å². The van der Waals surface area contributed by atoms with Crippen LogP contribution in [0.1, 0.15) is 20.3 Å². The summed E-state index contributed by atoms with van der Waals surface area (Å²) in [6.07, 6.45) is 0.384. The summed E-state index contributed by atoms with van der Waals surface area (Å²) >= 11 is 0. The maximum Gasteiger partial charge on any atom is 0 e. The Hall–Kier alpha value is 0.843. The maximum absolute atomic E-state index is 9.90. The van der Waals surface area contributed by atoms with Crippen LogP contribution in [-0.4, -0.2) is 6.10 Å². The predicted molar refractivity (Wildman–Crippen MR) is 19.8 cm³/mol. The van der Waals surface area contributed by atoms with E-state index >= 15 is 0 Å². The molecule has 0 fully saturated rings. The van der Waals surface area contributed by atoms with Crippen molar-refractivity contribution in [3.05, 3.63) is 0 Å². The molecule has 36 valence electrons. The molecule has 0 amide bonds. The van der Waals surface area contributed by atoms with Crippen LogP contribution in [0.3, 0.4) is 0 Å². The molecule has 0 heterocycles. The van der Waals surface area contributed by atoms with Crippen molar-refractivity contribution in [3.63, 3.8) is 0 Å². The van der Waals surface area contributed by atoms with E-state index in [2.05, 4.69) is 0 Å². The van der Waals surface area contributed by atoms with E-state index in [4.69, 9.17) is 0 Å². The summed E-state index contributed by atoms with van der Waals surface area (Å²) in [4.78, 5) is 0. The Morgan fingerprint density at radius 1 is 1.67 bits per heavy atom. The molecule has 6 heavy (non-hydrogen) atoms. The predicted octanol–water partition coefficient (Wildman–Crippen LogP) is 0.143. The molecule has 0 saturated carbocycles. The van der Waals surface area contributed by atoms with Gasteiger partial charge in [0, 0.05) is 26.2 Å². The fraction of sp³-hybridized carbons (Fsp3) is 1.00. The van der Waals surface area contributed by atoms with Gasteiger partial charge in [0.2, 0.25) is 0 Å². The smallest absolute Gasteiger partial charge is 0 e. The minimum atomic E-state index is -0.366. The molecule has 0 aliphatic carbocycles. The molecule has 0 aliphatic heterocycles. The molecule has 0 aromatic carbocycles. The van der Waals surface area contributed by atoms with Crippen molar-refractivity contribution in [1.29, 1.82) is 0 Å². The first-order chi connectivity index (χ1) is 2.27. The van der Waals surface area contributed by atoms with E-state index in [0.717, 1.165) is 6.42 Å². The Labute approximate surface area is 57.9 Å². The van der Waals surface area contributed by atoms with Crippen molar-refractivity contribution in [2.75, 3.05) is 0 Å². The summed E-state index contributed by atoms with van der Waals surface area (Å²) < 4.78 is 0. The van der Waals surface area contributed by atoms with E-state index in [1.165, 1.54) is 0 Å². The van der Waals surface area contributed by atoms with Crippen molar-refractivity contribution < 1.29 is 31.3 Å². The van der Waals surface area contributed by atoms with E-state index in [-0.39, 0.29) is 32.3 Å². The number of hydrogen-bond acceptors (Lipinski definition) is 1. The van der Waals surface area contributed by atoms with Crippen LogP contribution < -0.4 is 5.11 Å². The Balaban J connectivity index is 0. The van der Waals surface area contributed by atoms with Gasteiger partial charge in [0.05, 0.1) is 0 Å². The third kappa shape index (κ3) is 8.85. The quantitative estimate of drug-likeness (QED) is 0.541.